The number of aromatic nitrogens is 4. The van der Waals surface area contributed by atoms with Crippen molar-refractivity contribution in [2.75, 3.05) is 38.2 Å². The van der Waals surface area contributed by atoms with Crippen LogP contribution in [0, 0.1) is 18.7 Å². The Hall–Kier alpha value is -3.49. The molecular weight excluding hydrogens is 471 g/mol. The number of nitrogens with zero attached hydrogens (tertiary/aromatic N) is 6. The number of ether oxygens (including phenoxy) is 1. The Balaban J connectivity index is 1.31. The highest BCUT2D eigenvalue weighted by Gasteiger charge is 2.28. The number of piperazine rings is 1. The minimum atomic E-state index is -0.247. The summed E-state index contributed by atoms with van der Waals surface area (Å²) in [6.07, 6.45) is 6.13. The molecule has 8 nitrogen and oxygen atoms in total. The minimum Gasteiger partial charge on any atom is -0.497 e. The fourth-order valence-electron chi connectivity index (χ4n) is 5.31. The Bertz CT molecular complexity index is 1250. The summed E-state index contributed by atoms with van der Waals surface area (Å²) in [5.74, 6) is 3.84. The van der Waals surface area contributed by atoms with E-state index >= 15 is 0 Å². The molecule has 2 aliphatic rings. The van der Waals surface area contributed by atoms with Gasteiger partial charge in [0.05, 0.1) is 7.11 Å². The first-order valence-corrected chi connectivity index (χ1v) is 13.2. The average molecular weight is 507 g/mol. The number of benzene rings is 1. The molecule has 1 amide bonds. The molecule has 1 aliphatic carbocycles. The molecule has 1 saturated heterocycles. The number of carbonyl (C=O) groups is 1. The van der Waals surface area contributed by atoms with Crippen LogP contribution < -0.4 is 9.64 Å². The number of aryl methyl sites for hydroxylation is 1. The van der Waals surface area contributed by atoms with Gasteiger partial charge in [0.25, 0.3) is 0 Å². The lowest BCUT2D eigenvalue weighted by molar-refractivity contribution is -0.132. The molecule has 0 unspecified atom stereocenters. The monoisotopic (exact) mass is 506 g/mol. The summed E-state index contributed by atoms with van der Waals surface area (Å²) in [6.45, 7) is 6.83. The normalized spacial score (nSPS) is 20.2. The van der Waals surface area contributed by atoms with E-state index in [0.29, 0.717) is 43.5 Å². The second kappa shape index (κ2) is 10.9. The molecule has 5 rings (SSSR count). The number of halogens is 1. The molecule has 2 aromatic heterocycles. The summed E-state index contributed by atoms with van der Waals surface area (Å²) in [4.78, 5) is 26.8. The molecule has 37 heavy (non-hydrogen) atoms. The van der Waals surface area contributed by atoms with E-state index in [2.05, 4.69) is 16.8 Å². The molecule has 3 heterocycles. The van der Waals surface area contributed by atoms with Crippen molar-refractivity contribution in [1.82, 2.24) is 24.6 Å². The van der Waals surface area contributed by atoms with Crippen LogP contribution in [0.5, 0.6) is 5.75 Å². The zero-order valence-corrected chi connectivity index (χ0v) is 21.9. The zero-order valence-electron chi connectivity index (χ0n) is 21.9. The first kappa shape index (κ1) is 25.2. The van der Waals surface area contributed by atoms with Gasteiger partial charge in [0.1, 0.15) is 29.8 Å². The summed E-state index contributed by atoms with van der Waals surface area (Å²) >= 11 is 0. The van der Waals surface area contributed by atoms with Crippen LogP contribution in [0.3, 0.4) is 0 Å². The highest BCUT2D eigenvalue weighted by atomic mass is 19.1. The predicted octanol–water partition coefficient (Wildman–Crippen LogP) is 4.44. The van der Waals surface area contributed by atoms with Gasteiger partial charge in [-0.1, -0.05) is 19.8 Å². The van der Waals surface area contributed by atoms with E-state index in [1.807, 2.05) is 17.0 Å². The van der Waals surface area contributed by atoms with Gasteiger partial charge in [-0.2, -0.15) is 5.10 Å². The number of hydrogen-bond acceptors (Lipinski definition) is 6. The number of carbonyl (C=O) groups excluding carboxylic acids is 1. The van der Waals surface area contributed by atoms with Crippen LogP contribution in [-0.4, -0.2) is 63.8 Å². The Morgan fingerprint density at radius 1 is 1.08 bits per heavy atom. The Morgan fingerprint density at radius 3 is 2.54 bits per heavy atom. The average Bonchev–Trinajstić information content (AvgIpc) is 3.34. The molecule has 0 N–H and O–H groups in total. The molecule has 0 atom stereocenters. The molecule has 1 aromatic carbocycles. The molecule has 1 saturated carbocycles. The second-order valence-corrected chi connectivity index (χ2v) is 10.3. The number of methoxy groups -OCH3 is 1. The number of pyridine rings is 1. The van der Waals surface area contributed by atoms with Crippen LogP contribution >= 0.6 is 0 Å². The molecule has 1 aliphatic heterocycles. The van der Waals surface area contributed by atoms with Gasteiger partial charge in [-0.05, 0) is 55.5 Å². The number of hydrogen-bond donors (Lipinski definition) is 0. The number of rotatable bonds is 6. The van der Waals surface area contributed by atoms with Crippen molar-refractivity contribution in [2.45, 2.75) is 52.0 Å². The first-order valence-electron chi connectivity index (χ1n) is 13.2. The van der Waals surface area contributed by atoms with Gasteiger partial charge >= 0.3 is 0 Å². The maximum atomic E-state index is 13.9. The summed E-state index contributed by atoms with van der Waals surface area (Å²) in [5.41, 5.74) is 1.33. The van der Waals surface area contributed by atoms with Crippen LogP contribution in [0.25, 0.3) is 11.4 Å². The summed E-state index contributed by atoms with van der Waals surface area (Å²) in [5, 5.41) is 4.76. The third kappa shape index (κ3) is 5.60. The lowest BCUT2D eigenvalue weighted by Crippen LogP contribution is -2.50. The minimum absolute atomic E-state index is 0.0374. The topological polar surface area (TPSA) is 76.4 Å². The quantitative estimate of drug-likeness (QED) is 0.492. The highest BCUT2D eigenvalue weighted by Crippen LogP contribution is 2.35. The van der Waals surface area contributed by atoms with E-state index in [0.717, 1.165) is 48.6 Å². The van der Waals surface area contributed by atoms with Crippen LogP contribution in [0.4, 0.5) is 10.2 Å². The highest BCUT2D eigenvalue weighted by molar-refractivity contribution is 5.76. The van der Waals surface area contributed by atoms with E-state index in [1.165, 1.54) is 6.07 Å². The van der Waals surface area contributed by atoms with Crippen molar-refractivity contribution in [3.05, 3.63) is 53.7 Å². The Kier molecular flexibility index (Phi) is 7.39. The smallest absolute Gasteiger partial charge is 0.244 e. The fourth-order valence-corrected chi connectivity index (χ4v) is 5.31. The standard InChI is InChI=1S/C28H35FN6O2/c1-19-4-6-21(7-5-19)28-31-27(22-8-9-24(29)20(2)16-22)32-35(28)18-26(36)34-14-12-33(13-15-34)25-17-23(37-3)10-11-30-25/h8-11,16-17,19,21H,4-7,12-15,18H2,1-3H3. The van der Waals surface area contributed by atoms with Gasteiger partial charge in [-0.3, -0.25) is 4.79 Å². The summed E-state index contributed by atoms with van der Waals surface area (Å²) in [6, 6.07) is 8.68. The van der Waals surface area contributed by atoms with Gasteiger partial charge in [0.2, 0.25) is 5.91 Å². The van der Waals surface area contributed by atoms with Gasteiger partial charge in [-0.25, -0.2) is 19.0 Å². The molecule has 3 aromatic rings. The molecule has 0 radical (unpaired) electrons. The molecule has 9 heteroatoms. The van der Waals surface area contributed by atoms with Gasteiger partial charge in [0.15, 0.2) is 5.82 Å². The summed E-state index contributed by atoms with van der Waals surface area (Å²) in [7, 11) is 1.64. The SMILES string of the molecule is COc1ccnc(N2CCN(C(=O)Cn3nc(-c4ccc(F)c(C)c4)nc3C3CCC(C)CC3)CC2)c1. The van der Waals surface area contributed by atoms with Crippen LogP contribution in [0.1, 0.15) is 49.9 Å². The van der Waals surface area contributed by atoms with Crippen molar-refractivity contribution in [1.29, 1.82) is 0 Å². The molecular formula is C28H35FN6O2. The van der Waals surface area contributed by atoms with Gasteiger partial charge in [-0.15, -0.1) is 0 Å². The van der Waals surface area contributed by atoms with Crippen LogP contribution in [-0.2, 0) is 11.3 Å². The van der Waals surface area contributed by atoms with Gasteiger partial charge < -0.3 is 14.5 Å². The largest absolute Gasteiger partial charge is 0.497 e. The van der Waals surface area contributed by atoms with Gasteiger partial charge in [0, 0.05) is 49.9 Å². The predicted molar refractivity (Wildman–Crippen MR) is 140 cm³/mol. The van der Waals surface area contributed by atoms with E-state index in [1.54, 1.807) is 37.0 Å². The Morgan fingerprint density at radius 2 is 1.84 bits per heavy atom. The number of amides is 1. The van der Waals surface area contributed by atoms with E-state index in [9.17, 15) is 9.18 Å². The van der Waals surface area contributed by atoms with Crippen molar-refractivity contribution >= 4 is 11.7 Å². The number of anilines is 1. The molecule has 0 spiro atoms. The maximum Gasteiger partial charge on any atom is 0.244 e. The van der Waals surface area contributed by atoms with Crippen molar-refractivity contribution in [2.24, 2.45) is 5.92 Å². The van der Waals surface area contributed by atoms with Crippen LogP contribution in [0.15, 0.2) is 36.5 Å². The third-order valence-corrected chi connectivity index (χ3v) is 7.69. The van der Waals surface area contributed by atoms with Crippen molar-refractivity contribution in [3.63, 3.8) is 0 Å². The Labute approximate surface area is 217 Å². The second-order valence-electron chi connectivity index (χ2n) is 10.3. The van der Waals surface area contributed by atoms with Crippen molar-refractivity contribution in [3.8, 4) is 17.1 Å². The lowest BCUT2D eigenvalue weighted by Gasteiger charge is -2.35. The molecule has 2 fully saturated rings. The maximum absolute atomic E-state index is 13.9. The first-order chi connectivity index (χ1) is 17.9. The van der Waals surface area contributed by atoms with Crippen LogP contribution in [0.2, 0.25) is 0 Å². The summed E-state index contributed by atoms with van der Waals surface area (Å²) < 4.78 is 21.0. The van der Waals surface area contributed by atoms with E-state index in [4.69, 9.17) is 14.8 Å². The van der Waals surface area contributed by atoms with Crippen molar-refractivity contribution < 1.29 is 13.9 Å². The third-order valence-electron chi connectivity index (χ3n) is 7.69. The lowest BCUT2D eigenvalue weighted by atomic mass is 9.82. The van der Waals surface area contributed by atoms with E-state index < -0.39 is 0 Å². The molecule has 196 valence electrons. The van der Waals surface area contributed by atoms with E-state index in [-0.39, 0.29) is 24.2 Å². The molecule has 0 bridgehead atoms. The zero-order chi connectivity index (χ0) is 25.9. The fraction of sp³-hybridized carbons (Fsp3) is 0.500.